The second-order valence-electron chi connectivity index (χ2n) is 5.88. The molecule has 1 aliphatic heterocycles. The second-order valence-corrected chi connectivity index (χ2v) is 5.88. The highest BCUT2D eigenvalue weighted by atomic mass is 16.1. The van der Waals surface area contributed by atoms with Gasteiger partial charge in [-0.05, 0) is 34.9 Å². The van der Waals surface area contributed by atoms with Crippen LogP contribution in [0.25, 0.3) is 22.6 Å². The van der Waals surface area contributed by atoms with Crippen LogP contribution in [0.3, 0.4) is 0 Å². The van der Waals surface area contributed by atoms with Crippen LogP contribution < -0.4 is 5.56 Å². The maximum absolute atomic E-state index is 13.0. The first-order valence-corrected chi connectivity index (χ1v) is 8.24. The van der Waals surface area contributed by atoms with E-state index in [1.54, 1.807) is 0 Å². The summed E-state index contributed by atoms with van der Waals surface area (Å²) in [5.74, 6) is 0.406. The minimum Gasteiger partial charge on any atom is -0.308 e. The molecule has 0 unspecified atom stereocenters. The van der Waals surface area contributed by atoms with Crippen LogP contribution in [-0.2, 0) is 13.0 Å². The fraction of sp³-hybridized carbons (Fsp3) is 0.158. The Labute approximate surface area is 144 Å². The molecule has 0 saturated carbocycles. The lowest BCUT2D eigenvalue weighted by Gasteiger charge is -2.06. The summed E-state index contributed by atoms with van der Waals surface area (Å²) in [7, 11) is 0. The van der Waals surface area contributed by atoms with Crippen molar-refractivity contribution in [3.8, 4) is 22.6 Å². The summed E-state index contributed by atoms with van der Waals surface area (Å²) in [6.45, 7) is 0.649. The number of hydrogen-bond acceptors (Lipinski definition) is 4. The first-order chi connectivity index (χ1) is 12.3. The molecule has 0 bridgehead atoms. The number of hydrogen-bond donors (Lipinski definition) is 1. The molecule has 0 fully saturated rings. The van der Waals surface area contributed by atoms with E-state index in [1.165, 1.54) is 5.56 Å². The molecule has 124 valence electrons. The van der Waals surface area contributed by atoms with Crippen molar-refractivity contribution in [1.82, 2.24) is 25.2 Å². The zero-order valence-corrected chi connectivity index (χ0v) is 13.6. The molecule has 0 saturated heterocycles. The minimum atomic E-state index is -0.0622. The maximum atomic E-state index is 13.0. The van der Waals surface area contributed by atoms with Gasteiger partial charge in [0.05, 0.1) is 11.3 Å². The van der Waals surface area contributed by atoms with E-state index in [-0.39, 0.29) is 5.56 Å². The third kappa shape index (κ3) is 2.94. The summed E-state index contributed by atoms with van der Waals surface area (Å²) in [4.78, 5) is 13.0. The molecule has 0 amide bonds. The van der Waals surface area contributed by atoms with Crippen molar-refractivity contribution in [2.24, 2.45) is 0 Å². The lowest BCUT2D eigenvalue weighted by molar-refractivity contribution is 0.637. The SMILES string of the molecule is O=c1c(-c2nnn[nH]2)c2cccccc-2n1CCCc1ccccc1. The topological polar surface area (TPSA) is 76.5 Å². The van der Waals surface area contributed by atoms with Gasteiger partial charge in [0.1, 0.15) is 0 Å². The summed E-state index contributed by atoms with van der Waals surface area (Å²) in [5, 5.41) is 13.8. The number of rotatable bonds is 5. The van der Waals surface area contributed by atoms with Crippen LogP contribution in [0.2, 0.25) is 0 Å². The van der Waals surface area contributed by atoms with Gasteiger partial charge < -0.3 is 4.57 Å². The normalized spacial score (nSPS) is 11.0. The van der Waals surface area contributed by atoms with Crippen LogP contribution in [0.15, 0.2) is 65.5 Å². The van der Waals surface area contributed by atoms with Gasteiger partial charge in [-0.2, -0.15) is 0 Å². The number of tetrazole rings is 1. The Bertz CT molecular complexity index is 992. The van der Waals surface area contributed by atoms with E-state index >= 15 is 0 Å². The van der Waals surface area contributed by atoms with Gasteiger partial charge in [0.25, 0.3) is 5.56 Å². The monoisotopic (exact) mass is 331 g/mol. The van der Waals surface area contributed by atoms with Crippen LogP contribution in [0, 0.1) is 0 Å². The maximum Gasteiger partial charge on any atom is 0.262 e. The summed E-state index contributed by atoms with van der Waals surface area (Å²) in [6, 6.07) is 20.0. The van der Waals surface area contributed by atoms with E-state index in [0.717, 1.165) is 24.1 Å². The van der Waals surface area contributed by atoms with E-state index in [2.05, 4.69) is 32.8 Å². The van der Waals surface area contributed by atoms with Crippen molar-refractivity contribution in [3.63, 3.8) is 0 Å². The first kappa shape index (κ1) is 15.3. The van der Waals surface area contributed by atoms with E-state index in [0.29, 0.717) is 17.9 Å². The number of fused-ring (bicyclic) bond motifs is 1. The largest absolute Gasteiger partial charge is 0.308 e. The lowest BCUT2D eigenvalue weighted by Crippen LogP contribution is -2.17. The van der Waals surface area contributed by atoms with Gasteiger partial charge in [0.2, 0.25) is 0 Å². The fourth-order valence-electron chi connectivity index (χ4n) is 3.15. The summed E-state index contributed by atoms with van der Waals surface area (Å²) >= 11 is 0. The lowest BCUT2D eigenvalue weighted by atomic mass is 10.1. The van der Waals surface area contributed by atoms with Crippen LogP contribution in [-0.4, -0.2) is 25.2 Å². The predicted octanol–water partition coefficient (Wildman–Crippen LogP) is 2.77. The molecule has 6 heteroatoms. The molecule has 1 aromatic heterocycles. The molecule has 2 heterocycles. The van der Waals surface area contributed by atoms with Crippen molar-refractivity contribution in [3.05, 3.63) is 76.6 Å². The van der Waals surface area contributed by atoms with Gasteiger partial charge in [0.15, 0.2) is 5.82 Å². The van der Waals surface area contributed by atoms with Crippen LogP contribution >= 0.6 is 0 Å². The molecule has 1 aromatic carbocycles. The van der Waals surface area contributed by atoms with Crippen molar-refractivity contribution in [1.29, 1.82) is 0 Å². The molecule has 1 N–H and O–H groups in total. The average molecular weight is 331 g/mol. The number of H-pyrrole nitrogens is 1. The molecular weight excluding hydrogens is 314 g/mol. The molecule has 2 aliphatic rings. The Morgan fingerprint density at radius 1 is 0.960 bits per heavy atom. The van der Waals surface area contributed by atoms with E-state index in [9.17, 15) is 4.79 Å². The standard InChI is InChI=1S/C19H17N5O/c25-19-17(18-20-22-23-21-18)15-11-5-2-6-12-16(15)24(19)13-7-10-14-8-3-1-4-9-14/h1-6,8-9,11-12H,7,10,13H2,(H,20,21,22,23). The molecule has 0 atom stereocenters. The van der Waals surface area contributed by atoms with Crippen molar-refractivity contribution in [2.45, 2.75) is 19.4 Å². The summed E-state index contributed by atoms with van der Waals surface area (Å²) in [6.07, 6.45) is 1.81. The van der Waals surface area contributed by atoms with Gasteiger partial charge in [0, 0.05) is 12.1 Å². The van der Waals surface area contributed by atoms with E-state index in [1.807, 2.05) is 53.1 Å². The van der Waals surface area contributed by atoms with Crippen LogP contribution in [0.5, 0.6) is 0 Å². The number of nitrogens with zero attached hydrogens (tertiary/aromatic N) is 4. The first-order valence-electron chi connectivity index (χ1n) is 8.24. The third-order valence-corrected chi connectivity index (χ3v) is 4.31. The number of aromatic nitrogens is 5. The van der Waals surface area contributed by atoms with Gasteiger partial charge in [-0.15, -0.1) is 5.10 Å². The molecule has 2 aromatic rings. The molecule has 1 aliphatic carbocycles. The molecule has 0 radical (unpaired) electrons. The minimum absolute atomic E-state index is 0.0622. The predicted molar refractivity (Wildman–Crippen MR) is 95.3 cm³/mol. The summed E-state index contributed by atoms with van der Waals surface area (Å²) in [5.41, 5.74) is 3.49. The summed E-state index contributed by atoms with van der Waals surface area (Å²) < 4.78 is 1.82. The highest BCUT2D eigenvalue weighted by molar-refractivity contribution is 5.80. The van der Waals surface area contributed by atoms with E-state index < -0.39 is 0 Å². The Kier molecular flexibility index (Phi) is 4.08. The molecule has 4 rings (SSSR count). The van der Waals surface area contributed by atoms with Gasteiger partial charge in [-0.1, -0.05) is 54.6 Å². The zero-order chi connectivity index (χ0) is 17.1. The van der Waals surface area contributed by atoms with Crippen molar-refractivity contribution in [2.75, 3.05) is 0 Å². The molecule has 6 nitrogen and oxygen atoms in total. The Morgan fingerprint density at radius 2 is 1.72 bits per heavy atom. The zero-order valence-electron chi connectivity index (χ0n) is 13.6. The average Bonchev–Trinajstić information content (AvgIpc) is 3.16. The number of benzene rings is 1. The fourth-order valence-corrected chi connectivity index (χ4v) is 3.15. The Balaban J connectivity index is 1.69. The van der Waals surface area contributed by atoms with Gasteiger partial charge in [-0.3, -0.25) is 4.79 Å². The number of aryl methyl sites for hydroxylation is 1. The van der Waals surface area contributed by atoms with Gasteiger partial charge >= 0.3 is 0 Å². The molecular formula is C19H17N5O. The number of aromatic amines is 1. The third-order valence-electron chi connectivity index (χ3n) is 4.31. The highest BCUT2D eigenvalue weighted by Gasteiger charge is 2.22. The molecule has 25 heavy (non-hydrogen) atoms. The van der Waals surface area contributed by atoms with Gasteiger partial charge in [-0.25, -0.2) is 5.10 Å². The Hall–Kier alpha value is -3.28. The quantitative estimate of drug-likeness (QED) is 0.610. The van der Waals surface area contributed by atoms with Crippen molar-refractivity contribution >= 4 is 0 Å². The second kappa shape index (κ2) is 6.68. The van der Waals surface area contributed by atoms with Crippen LogP contribution in [0.4, 0.5) is 0 Å². The van der Waals surface area contributed by atoms with E-state index in [4.69, 9.17) is 0 Å². The highest BCUT2D eigenvalue weighted by Crippen LogP contribution is 2.29. The van der Waals surface area contributed by atoms with Crippen molar-refractivity contribution < 1.29 is 0 Å². The number of nitrogens with one attached hydrogen (secondary N) is 1. The van der Waals surface area contributed by atoms with Crippen LogP contribution in [0.1, 0.15) is 12.0 Å². The smallest absolute Gasteiger partial charge is 0.262 e. The molecule has 0 spiro atoms. The Morgan fingerprint density at radius 3 is 2.48 bits per heavy atom.